The number of morpholine rings is 1. The molecule has 2 unspecified atom stereocenters. The van der Waals surface area contributed by atoms with Crippen molar-refractivity contribution in [1.82, 2.24) is 24.6 Å². The van der Waals surface area contributed by atoms with E-state index in [1.54, 1.807) is 10.8 Å². The molecule has 1 aliphatic carbocycles. The molecule has 2 aromatic rings. The topological polar surface area (TPSA) is 88.1 Å². The number of nitrogens with zero attached hydrogens (tertiary/aromatic N) is 4. The van der Waals surface area contributed by atoms with Crippen LogP contribution in [0.2, 0.25) is 0 Å². The Morgan fingerprint density at radius 1 is 1.33 bits per heavy atom. The molecular formula is C16H18N6O2. The molecule has 124 valence electrons. The number of H-pyrrole nitrogens is 1. The molecule has 0 bridgehead atoms. The van der Waals surface area contributed by atoms with Crippen LogP contribution in [0.3, 0.4) is 0 Å². The number of hydrogen-bond donors (Lipinski definition) is 2. The van der Waals surface area contributed by atoms with Crippen molar-refractivity contribution >= 4 is 16.9 Å². The molecule has 0 spiro atoms. The van der Waals surface area contributed by atoms with E-state index < -0.39 is 0 Å². The Kier molecular flexibility index (Phi) is 3.07. The summed E-state index contributed by atoms with van der Waals surface area (Å²) in [6.45, 7) is 4.35. The van der Waals surface area contributed by atoms with Gasteiger partial charge in [-0.1, -0.05) is 18.2 Å². The molecule has 1 fully saturated rings. The average Bonchev–Trinajstić information content (AvgIpc) is 3.19. The monoisotopic (exact) mass is 326 g/mol. The van der Waals surface area contributed by atoms with Crippen LogP contribution in [-0.4, -0.2) is 63.5 Å². The molecule has 4 heterocycles. The normalized spacial score (nSPS) is 26.1. The van der Waals surface area contributed by atoms with Crippen molar-refractivity contribution in [2.45, 2.75) is 12.1 Å². The van der Waals surface area contributed by atoms with Crippen molar-refractivity contribution in [3.63, 3.8) is 0 Å². The molecule has 2 aromatic heterocycles. The Morgan fingerprint density at radius 3 is 3.08 bits per heavy atom. The third-order valence-electron chi connectivity index (χ3n) is 4.90. The molecule has 2 N–H and O–H groups in total. The molecule has 0 amide bonds. The lowest BCUT2D eigenvalue weighted by atomic mass is 9.98. The summed E-state index contributed by atoms with van der Waals surface area (Å²) in [5.74, 6) is 0.769. The second kappa shape index (κ2) is 5.29. The Hall–Kier alpha value is -2.45. The molecule has 2 atom stereocenters. The SMILES string of the molecule is O=c1nc2cn[nH]c2c2n1C1C=C(CN3CCOCC3)C=CC1N2. The van der Waals surface area contributed by atoms with Crippen LogP contribution in [-0.2, 0) is 4.74 Å². The van der Waals surface area contributed by atoms with Crippen molar-refractivity contribution in [3.8, 4) is 0 Å². The first kappa shape index (κ1) is 13.9. The number of aromatic amines is 1. The predicted molar refractivity (Wildman–Crippen MR) is 89.1 cm³/mol. The van der Waals surface area contributed by atoms with Crippen LogP contribution in [0.5, 0.6) is 0 Å². The first-order chi connectivity index (χ1) is 11.8. The van der Waals surface area contributed by atoms with Gasteiger partial charge >= 0.3 is 5.69 Å². The summed E-state index contributed by atoms with van der Waals surface area (Å²) in [7, 11) is 0. The van der Waals surface area contributed by atoms with Gasteiger partial charge in [0.05, 0.1) is 31.5 Å². The van der Waals surface area contributed by atoms with E-state index in [9.17, 15) is 4.79 Å². The van der Waals surface area contributed by atoms with Crippen LogP contribution < -0.4 is 11.0 Å². The molecule has 2 aliphatic heterocycles. The van der Waals surface area contributed by atoms with Crippen molar-refractivity contribution in [2.24, 2.45) is 0 Å². The van der Waals surface area contributed by atoms with Gasteiger partial charge in [0.25, 0.3) is 0 Å². The van der Waals surface area contributed by atoms with E-state index in [-0.39, 0.29) is 17.8 Å². The van der Waals surface area contributed by atoms with E-state index in [1.165, 1.54) is 5.57 Å². The van der Waals surface area contributed by atoms with Gasteiger partial charge < -0.3 is 10.1 Å². The highest BCUT2D eigenvalue weighted by atomic mass is 16.5. The van der Waals surface area contributed by atoms with E-state index in [4.69, 9.17) is 4.74 Å². The van der Waals surface area contributed by atoms with Gasteiger partial charge in [0.2, 0.25) is 0 Å². The highest BCUT2D eigenvalue weighted by molar-refractivity contribution is 5.86. The van der Waals surface area contributed by atoms with Gasteiger partial charge in [-0.25, -0.2) is 4.79 Å². The quantitative estimate of drug-likeness (QED) is 0.824. The third-order valence-corrected chi connectivity index (χ3v) is 4.90. The molecule has 8 nitrogen and oxygen atoms in total. The molecule has 24 heavy (non-hydrogen) atoms. The second-order valence-corrected chi connectivity index (χ2v) is 6.39. The minimum atomic E-state index is -0.240. The first-order valence-corrected chi connectivity index (χ1v) is 8.21. The van der Waals surface area contributed by atoms with Crippen LogP contribution in [0, 0.1) is 0 Å². The molecule has 1 saturated heterocycles. The third kappa shape index (κ3) is 2.10. The largest absolute Gasteiger partial charge is 0.379 e. The lowest BCUT2D eigenvalue weighted by Gasteiger charge is -2.28. The maximum atomic E-state index is 12.5. The summed E-state index contributed by atoms with van der Waals surface area (Å²) < 4.78 is 7.13. The Bertz CT molecular complexity index is 905. The fraction of sp³-hybridized carbons (Fsp3) is 0.438. The second-order valence-electron chi connectivity index (χ2n) is 6.39. The maximum Gasteiger partial charge on any atom is 0.350 e. The van der Waals surface area contributed by atoms with Crippen LogP contribution in [0.25, 0.3) is 11.0 Å². The number of anilines is 1. The summed E-state index contributed by atoms with van der Waals surface area (Å²) in [4.78, 5) is 19.0. The number of hydrogen-bond acceptors (Lipinski definition) is 6. The van der Waals surface area contributed by atoms with Gasteiger partial charge in [-0.15, -0.1) is 0 Å². The summed E-state index contributed by atoms with van der Waals surface area (Å²) in [6.07, 6.45) is 8.04. The summed E-state index contributed by atoms with van der Waals surface area (Å²) >= 11 is 0. The summed E-state index contributed by atoms with van der Waals surface area (Å²) in [6, 6.07) is 0.0237. The number of fused-ring (bicyclic) bond motifs is 5. The number of aromatic nitrogens is 4. The van der Waals surface area contributed by atoms with Crippen molar-refractivity contribution in [1.29, 1.82) is 0 Å². The average molecular weight is 326 g/mol. The summed E-state index contributed by atoms with van der Waals surface area (Å²) in [5.41, 5.74) is 2.36. The smallest absolute Gasteiger partial charge is 0.350 e. The van der Waals surface area contributed by atoms with Crippen LogP contribution in [0.1, 0.15) is 6.04 Å². The molecule has 0 saturated carbocycles. The Morgan fingerprint density at radius 2 is 2.21 bits per heavy atom. The van der Waals surface area contributed by atoms with Crippen LogP contribution in [0.15, 0.2) is 34.8 Å². The lowest BCUT2D eigenvalue weighted by molar-refractivity contribution is 0.0425. The predicted octanol–water partition coefficient (Wildman–Crippen LogP) is 0.283. The number of ether oxygens (including phenoxy) is 1. The highest BCUT2D eigenvalue weighted by Crippen LogP contribution is 2.35. The van der Waals surface area contributed by atoms with E-state index in [0.29, 0.717) is 5.52 Å². The van der Waals surface area contributed by atoms with E-state index in [0.717, 1.165) is 44.2 Å². The van der Waals surface area contributed by atoms with E-state index >= 15 is 0 Å². The van der Waals surface area contributed by atoms with Gasteiger partial charge in [-0.2, -0.15) is 10.1 Å². The van der Waals surface area contributed by atoms with Gasteiger partial charge in [0.15, 0.2) is 0 Å². The van der Waals surface area contributed by atoms with Gasteiger partial charge in [0, 0.05) is 19.6 Å². The molecule has 0 radical (unpaired) electrons. The minimum Gasteiger partial charge on any atom is -0.379 e. The standard InChI is InChI=1S/C16H18N6O2/c23-16-19-12-8-17-20-14(12)15-18-11-2-1-10(7-13(11)22(15)16)9-21-3-5-24-6-4-21/h1-2,7-8,11,13,18,20H,3-6,9H2. The number of rotatable bonds is 2. The van der Waals surface area contributed by atoms with Crippen molar-refractivity contribution < 1.29 is 4.74 Å². The van der Waals surface area contributed by atoms with E-state index in [1.807, 2.05) is 0 Å². The van der Waals surface area contributed by atoms with E-state index in [2.05, 4.69) is 43.6 Å². The van der Waals surface area contributed by atoms with Crippen molar-refractivity contribution in [3.05, 3.63) is 40.5 Å². The van der Waals surface area contributed by atoms with Crippen LogP contribution in [0.4, 0.5) is 5.82 Å². The molecular weight excluding hydrogens is 308 g/mol. The van der Waals surface area contributed by atoms with Crippen LogP contribution >= 0.6 is 0 Å². The Balaban J connectivity index is 1.51. The first-order valence-electron chi connectivity index (χ1n) is 8.21. The fourth-order valence-corrected chi connectivity index (χ4v) is 3.70. The zero-order valence-electron chi connectivity index (χ0n) is 13.1. The molecule has 5 rings (SSSR count). The Labute approximate surface area is 137 Å². The zero-order valence-corrected chi connectivity index (χ0v) is 13.1. The number of nitrogens with one attached hydrogen (secondary N) is 2. The lowest BCUT2D eigenvalue weighted by Crippen LogP contribution is -2.38. The van der Waals surface area contributed by atoms with Gasteiger partial charge in [-0.05, 0) is 5.57 Å². The highest BCUT2D eigenvalue weighted by Gasteiger charge is 2.34. The molecule has 8 heteroatoms. The zero-order chi connectivity index (χ0) is 16.1. The summed E-state index contributed by atoms with van der Waals surface area (Å²) in [5, 5.41) is 10.3. The molecule has 3 aliphatic rings. The van der Waals surface area contributed by atoms with Gasteiger partial charge in [-0.3, -0.25) is 14.6 Å². The fourth-order valence-electron chi connectivity index (χ4n) is 3.70. The minimum absolute atomic E-state index is 0.0475. The molecule has 0 aromatic carbocycles. The van der Waals surface area contributed by atoms with Crippen molar-refractivity contribution in [2.75, 3.05) is 38.2 Å². The van der Waals surface area contributed by atoms with Gasteiger partial charge in [0.1, 0.15) is 16.9 Å². The maximum absolute atomic E-state index is 12.5.